The highest BCUT2D eigenvalue weighted by Crippen LogP contribution is 2.32. The number of hydrogen-bond acceptors (Lipinski definition) is 25. The number of benzene rings is 4. The van der Waals surface area contributed by atoms with Crippen LogP contribution in [0.4, 0.5) is 0 Å². The van der Waals surface area contributed by atoms with Gasteiger partial charge >= 0.3 is 22.8 Å². The summed E-state index contributed by atoms with van der Waals surface area (Å²) in [6.45, 7) is 16.3. The van der Waals surface area contributed by atoms with Gasteiger partial charge in [0.2, 0.25) is 5.06 Å². The Hall–Kier alpha value is -10.8. The van der Waals surface area contributed by atoms with Crippen LogP contribution in [0.15, 0.2) is 123 Å². The molecule has 0 N–H and O–H groups in total. The summed E-state index contributed by atoms with van der Waals surface area (Å²) in [5.41, 5.74) is 4.63. The summed E-state index contributed by atoms with van der Waals surface area (Å²) in [5, 5.41) is 30.6. The van der Waals surface area contributed by atoms with Gasteiger partial charge in [0.1, 0.15) is 54.3 Å². The van der Waals surface area contributed by atoms with Crippen LogP contribution in [0.3, 0.4) is 0 Å². The van der Waals surface area contributed by atoms with Crippen molar-refractivity contribution in [3.8, 4) is 63.7 Å². The first-order valence-electron chi connectivity index (χ1n) is 29.4. The Labute approximate surface area is 546 Å². The van der Waals surface area contributed by atoms with Crippen molar-refractivity contribution in [1.29, 1.82) is 0 Å². The zero-order valence-electron chi connectivity index (χ0n) is 55.1. The van der Waals surface area contributed by atoms with Crippen LogP contribution < -0.4 is 46.4 Å². The van der Waals surface area contributed by atoms with E-state index in [4.69, 9.17) is 35.6 Å². The predicted molar refractivity (Wildman–Crippen MR) is 345 cm³/mol. The summed E-state index contributed by atoms with van der Waals surface area (Å²) in [6.07, 6.45) is 7.18. The van der Waals surface area contributed by atoms with Crippen LogP contribution in [0.25, 0.3) is 29.3 Å². The van der Waals surface area contributed by atoms with Crippen molar-refractivity contribution in [3.05, 3.63) is 205 Å². The van der Waals surface area contributed by atoms with Gasteiger partial charge in [0, 0.05) is 50.2 Å². The predicted octanol–water partition coefficient (Wildman–Crippen LogP) is 6.57. The molecule has 12 rings (SSSR count). The lowest BCUT2D eigenvalue weighted by molar-refractivity contribution is 0.288. The highest BCUT2D eigenvalue weighted by Gasteiger charge is 2.24. The molecule has 92 heavy (non-hydrogen) atoms. The highest BCUT2D eigenvalue weighted by molar-refractivity contribution is 7.08. The Morgan fingerprint density at radius 3 is 1.17 bits per heavy atom. The summed E-state index contributed by atoms with van der Waals surface area (Å²) in [4.78, 5) is 50.5. The Morgan fingerprint density at radius 2 is 0.804 bits per heavy atom. The van der Waals surface area contributed by atoms with Crippen LogP contribution in [0.1, 0.15) is 71.5 Å². The SMILES string of the molecule is [3H]c1ccc(OCc2c(-n3nnn(C)c3=O)nsc2C#C)c(C)c1.[3H]c1ccc(OCc2c(-n3nnn(C)c3=O)nsc2C)c(C)c1.[3H]c1ccc(OCc2c(-n3nnn(C)c3=O)nsc2C=C)c(C)c1.[3H]c1ccc(OCc2c(-n3nnn(C)c3=O)nsc2OCC)c(C)c1. The Bertz CT molecular complexity index is 5060. The van der Waals surface area contributed by atoms with E-state index >= 15 is 0 Å². The molecule has 0 aliphatic rings. The molecule has 29 nitrogen and oxygen atoms in total. The monoisotopic (exact) mass is 1330 g/mol. The molecule has 0 saturated heterocycles. The average Bonchev–Trinajstić information content (AvgIpc) is 1.67. The van der Waals surface area contributed by atoms with Gasteiger partial charge in [-0.05, 0) is 164 Å². The van der Waals surface area contributed by atoms with Gasteiger partial charge < -0.3 is 23.7 Å². The zero-order valence-corrected chi connectivity index (χ0v) is 54.3. The molecule has 0 atom stereocenters. The van der Waals surface area contributed by atoms with Gasteiger partial charge in [-0.15, -0.1) is 25.2 Å². The molecule has 8 aromatic heterocycles. The quantitative estimate of drug-likeness (QED) is 0.0773. The number of nitrogens with zero attached hydrogens (tertiary/aromatic N) is 20. The van der Waals surface area contributed by atoms with Crippen LogP contribution in [0.2, 0.25) is 0 Å². The standard InChI is InChI=1S/C15H17N5O3S.C15H15N5O2S.C15H13N5O2S.C14H15N5O2S/c1-4-22-14-11(9-23-12-8-6-5-7-10(12)2)13(16-24-14)20-15(21)19(3)17-18-20;2*1-4-13-11(9-22-12-8-6-5-7-10(12)2)14(16-23-13)20-15(21)19(3)17-18-20;1-9-6-4-5-7-12(9)21-8-11-10(2)22-15-13(11)19-14(20)18(3)16-17-19/h5-8H,4,9H2,1-3H3;4-8H,1,9H2,2-3H3;1,5-8H,9H2,2-3H3;4-7H,8H2,1-3H3/i3*5T;4T. The van der Waals surface area contributed by atoms with E-state index in [0.717, 1.165) is 93.4 Å². The van der Waals surface area contributed by atoms with E-state index < -0.39 is 11.4 Å². The van der Waals surface area contributed by atoms with E-state index in [-0.39, 0.29) is 37.8 Å². The maximum Gasteiger partial charge on any atom is 0.369 e. The largest absolute Gasteiger partial charge is 0.488 e. The van der Waals surface area contributed by atoms with E-state index in [2.05, 4.69) is 71.7 Å². The molecule has 0 bridgehead atoms. The van der Waals surface area contributed by atoms with E-state index in [0.29, 0.717) is 104 Å². The van der Waals surface area contributed by atoms with Gasteiger partial charge in [-0.25, -0.2) is 19.2 Å². The Balaban J connectivity index is 0.000000150. The van der Waals surface area contributed by atoms with Crippen LogP contribution in [0.5, 0.6) is 28.1 Å². The smallest absolute Gasteiger partial charge is 0.369 e. The van der Waals surface area contributed by atoms with Crippen molar-refractivity contribution < 1.29 is 29.2 Å². The Morgan fingerprint density at radius 1 is 0.467 bits per heavy atom. The fourth-order valence-electron chi connectivity index (χ4n) is 8.05. The zero-order chi connectivity index (χ0) is 69.1. The molecule has 33 heteroatoms. The van der Waals surface area contributed by atoms with Gasteiger partial charge in [0.15, 0.2) is 23.3 Å². The molecule has 8 heterocycles. The number of para-hydroxylation sites is 4. The van der Waals surface area contributed by atoms with Crippen molar-refractivity contribution in [2.75, 3.05) is 6.61 Å². The van der Waals surface area contributed by atoms with Gasteiger partial charge in [0.25, 0.3) is 0 Å². The van der Waals surface area contributed by atoms with Crippen molar-refractivity contribution in [3.63, 3.8) is 0 Å². The van der Waals surface area contributed by atoms with E-state index in [9.17, 15) is 19.2 Å². The third kappa shape index (κ3) is 14.9. The van der Waals surface area contributed by atoms with Gasteiger partial charge in [-0.3, -0.25) is 0 Å². The number of ether oxygens (including phenoxy) is 5. The maximum absolute atomic E-state index is 12.1. The molecule has 0 aliphatic carbocycles. The Kier molecular flexibility index (Phi) is 19.7. The van der Waals surface area contributed by atoms with E-state index in [1.54, 1.807) is 78.9 Å². The van der Waals surface area contributed by atoms with Crippen LogP contribution in [0, 0.1) is 47.0 Å². The molecular weight excluding hydrogens is 1260 g/mol. The fourth-order valence-corrected chi connectivity index (χ4v) is 10.9. The highest BCUT2D eigenvalue weighted by atomic mass is 32.1. The second-order valence-corrected chi connectivity index (χ2v) is 22.7. The lowest BCUT2D eigenvalue weighted by Gasteiger charge is -2.10. The molecule has 474 valence electrons. The van der Waals surface area contributed by atoms with Crippen molar-refractivity contribution in [2.45, 2.75) is 68.0 Å². The lowest BCUT2D eigenvalue weighted by Crippen LogP contribution is -2.23. The number of rotatable bonds is 19. The van der Waals surface area contributed by atoms with E-state index in [1.165, 1.54) is 55.9 Å². The third-order valence-corrected chi connectivity index (χ3v) is 16.4. The molecule has 0 aliphatic heterocycles. The second kappa shape index (κ2) is 30.1. The minimum absolute atomic E-state index is 0.132. The normalized spacial score (nSPS) is 11.3. The summed E-state index contributed by atoms with van der Waals surface area (Å²) < 4.78 is 85.5. The van der Waals surface area contributed by atoms with Crippen LogP contribution >= 0.6 is 46.1 Å². The summed E-state index contributed by atoms with van der Waals surface area (Å²) in [6, 6.07) is 22.2. The number of tetrazole rings is 4. The van der Waals surface area contributed by atoms with Crippen molar-refractivity contribution in [1.82, 2.24) is 96.7 Å². The number of aromatic nitrogens is 20. The topological polar surface area (TPSA) is 309 Å². The molecule has 0 spiro atoms. The number of hydrogen-bond donors (Lipinski definition) is 0. The van der Waals surface area contributed by atoms with E-state index in [1.807, 2.05) is 41.5 Å². The van der Waals surface area contributed by atoms with Gasteiger partial charge in [-0.1, -0.05) is 91.3 Å². The molecule has 12 aromatic rings. The summed E-state index contributed by atoms with van der Waals surface area (Å²) >= 11 is 4.74. The van der Waals surface area contributed by atoms with Crippen molar-refractivity contribution >= 4 is 52.2 Å². The van der Waals surface area contributed by atoms with Crippen molar-refractivity contribution in [2.24, 2.45) is 28.2 Å². The second-order valence-electron chi connectivity index (χ2n) is 19.4. The van der Waals surface area contributed by atoms with Gasteiger partial charge in [0.05, 0.1) is 33.7 Å². The van der Waals surface area contributed by atoms with Gasteiger partial charge in [-0.2, -0.15) is 36.2 Å². The lowest BCUT2D eigenvalue weighted by atomic mass is 10.2. The van der Waals surface area contributed by atoms with Crippen LogP contribution in [-0.2, 0) is 54.6 Å². The number of terminal acetylenes is 1. The summed E-state index contributed by atoms with van der Waals surface area (Å²) in [7, 11) is 6.08. The maximum atomic E-state index is 12.1. The average molecular weight is 1330 g/mol. The molecule has 0 unspecified atom stereocenters. The first-order chi connectivity index (χ1) is 46.0. The summed E-state index contributed by atoms with van der Waals surface area (Å²) in [5.74, 6) is 6.71. The molecule has 0 saturated carbocycles. The molecular formula is C59H60N20O9S4. The molecule has 0 amide bonds. The molecule has 4 aromatic carbocycles. The first-order valence-corrected chi connectivity index (χ1v) is 30.5. The fraction of sp³-hybridized carbons (Fsp3) is 0.254. The minimum atomic E-state index is -0.417. The third-order valence-electron chi connectivity index (χ3n) is 13.1. The number of aryl methyl sites for hydroxylation is 9. The molecule has 0 radical (unpaired) electrons. The minimum Gasteiger partial charge on any atom is -0.488 e. The molecule has 0 fully saturated rings. The first kappa shape index (κ1) is 60.1. The van der Waals surface area contributed by atoms with Crippen LogP contribution in [-0.4, -0.2) is 103 Å².